The molecule has 0 aliphatic carbocycles. The zero-order valence-corrected chi connectivity index (χ0v) is 17.0. The molecule has 0 atom stereocenters. The van der Waals surface area contributed by atoms with Gasteiger partial charge in [0.05, 0.1) is 18.4 Å². The van der Waals surface area contributed by atoms with Crippen molar-refractivity contribution in [3.8, 4) is 16.6 Å². The first-order valence-electron chi connectivity index (χ1n) is 9.26. The van der Waals surface area contributed by atoms with Gasteiger partial charge in [0.25, 0.3) is 0 Å². The number of carbonyl (C=O) groups is 1. The molecule has 31 heavy (non-hydrogen) atoms. The van der Waals surface area contributed by atoms with Crippen LogP contribution in [-0.4, -0.2) is 26.9 Å². The number of hydrogen-bond donors (Lipinski definition) is 0. The van der Waals surface area contributed by atoms with E-state index < -0.39 is 24.3 Å². The lowest BCUT2D eigenvalue weighted by Gasteiger charge is -2.13. The van der Waals surface area contributed by atoms with Crippen LogP contribution in [-0.2, 0) is 17.5 Å². The van der Waals surface area contributed by atoms with Gasteiger partial charge in [0.15, 0.2) is 4.88 Å². The smallest absolute Gasteiger partial charge is 0.416 e. The van der Waals surface area contributed by atoms with Crippen molar-refractivity contribution in [2.24, 2.45) is 0 Å². The Hall–Kier alpha value is -3.40. The molecule has 3 aromatic heterocycles. The van der Waals surface area contributed by atoms with Crippen LogP contribution in [0.3, 0.4) is 0 Å². The van der Waals surface area contributed by atoms with Crippen molar-refractivity contribution in [1.82, 2.24) is 14.4 Å². The van der Waals surface area contributed by atoms with Crippen LogP contribution >= 0.6 is 11.3 Å². The molecule has 160 valence electrons. The lowest BCUT2D eigenvalue weighted by Crippen LogP contribution is -2.11. The molecule has 0 aliphatic heterocycles. The molecule has 0 saturated carbocycles. The number of hydrogen-bond acceptors (Lipinski definition) is 6. The highest BCUT2D eigenvalue weighted by atomic mass is 32.1. The van der Waals surface area contributed by atoms with Crippen LogP contribution in [0.25, 0.3) is 16.3 Å². The van der Waals surface area contributed by atoms with Gasteiger partial charge in [0.2, 0.25) is 5.88 Å². The molecule has 6 nitrogen and oxygen atoms in total. The molecule has 3 heterocycles. The third kappa shape index (κ3) is 4.24. The van der Waals surface area contributed by atoms with E-state index in [1.165, 1.54) is 18.2 Å². The summed E-state index contributed by atoms with van der Waals surface area (Å²) >= 11 is 1.03. The number of esters is 1. The highest BCUT2D eigenvalue weighted by Crippen LogP contribution is 2.35. The average Bonchev–Trinajstić information content (AvgIpc) is 3.36. The summed E-state index contributed by atoms with van der Waals surface area (Å²) in [5, 5.41) is 0.431. The van der Waals surface area contributed by atoms with Crippen molar-refractivity contribution in [3.63, 3.8) is 0 Å². The number of carbonyl (C=O) groups excluding carboxylic acids is 1. The maximum Gasteiger partial charge on any atom is 0.416 e. The number of pyridine rings is 1. The summed E-state index contributed by atoms with van der Waals surface area (Å²) < 4.78 is 52.2. The largest absolute Gasteiger partial charge is 0.472 e. The molecule has 0 N–H and O–H groups in total. The van der Waals surface area contributed by atoms with Crippen molar-refractivity contribution >= 4 is 23.0 Å². The highest BCUT2D eigenvalue weighted by molar-refractivity contribution is 7.17. The summed E-state index contributed by atoms with van der Waals surface area (Å²) in [7, 11) is 0. The number of nitrogens with zero attached hydrogens (tertiary/aromatic N) is 3. The number of thiazole rings is 1. The fourth-order valence-electron chi connectivity index (χ4n) is 3.00. The van der Waals surface area contributed by atoms with Crippen LogP contribution in [0, 0.1) is 0 Å². The number of halogens is 3. The zero-order chi connectivity index (χ0) is 22.0. The number of fused-ring (bicyclic) bond motifs is 1. The molecule has 4 aromatic rings. The Morgan fingerprint density at radius 3 is 2.71 bits per heavy atom. The normalized spacial score (nSPS) is 11.6. The van der Waals surface area contributed by atoms with E-state index in [1.54, 1.807) is 23.7 Å². The number of imidazole rings is 1. The van der Waals surface area contributed by atoms with Gasteiger partial charge < -0.3 is 9.47 Å². The van der Waals surface area contributed by atoms with Gasteiger partial charge in [0.1, 0.15) is 23.0 Å². The second kappa shape index (κ2) is 8.38. The number of alkyl halides is 3. The molecule has 0 unspecified atom stereocenters. The van der Waals surface area contributed by atoms with Crippen molar-refractivity contribution in [3.05, 3.63) is 70.9 Å². The van der Waals surface area contributed by atoms with Crippen LogP contribution in [0.15, 0.2) is 54.9 Å². The Morgan fingerprint density at radius 2 is 1.94 bits per heavy atom. The van der Waals surface area contributed by atoms with E-state index in [9.17, 15) is 18.0 Å². The Balaban J connectivity index is 1.70. The van der Waals surface area contributed by atoms with Gasteiger partial charge in [-0.05, 0) is 25.1 Å². The highest BCUT2D eigenvalue weighted by Gasteiger charge is 2.33. The minimum atomic E-state index is -4.52. The zero-order valence-electron chi connectivity index (χ0n) is 16.2. The molecule has 1 aromatic carbocycles. The van der Waals surface area contributed by atoms with Crippen LogP contribution in [0.4, 0.5) is 13.2 Å². The van der Waals surface area contributed by atoms with Gasteiger partial charge >= 0.3 is 12.1 Å². The van der Waals surface area contributed by atoms with Gasteiger partial charge in [-0.1, -0.05) is 24.3 Å². The second-order valence-corrected chi connectivity index (χ2v) is 7.39. The van der Waals surface area contributed by atoms with Gasteiger partial charge in [0, 0.05) is 11.8 Å². The van der Waals surface area contributed by atoms with Gasteiger partial charge in [-0.3, -0.25) is 4.40 Å². The fraction of sp³-hybridized carbons (Fsp3) is 0.190. The first-order chi connectivity index (χ1) is 14.9. The summed E-state index contributed by atoms with van der Waals surface area (Å²) in [6.45, 7) is 1.39. The molecule has 0 saturated heterocycles. The molecule has 0 aliphatic rings. The molecule has 0 radical (unpaired) electrons. The monoisotopic (exact) mass is 447 g/mol. The molecule has 0 amide bonds. The molecular weight excluding hydrogens is 431 g/mol. The summed E-state index contributed by atoms with van der Waals surface area (Å²) in [6, 6.07) is 10.6. The van der Waals surface area contributed by atoms with Crippen LogP contribution in [0.2, 0.25) is 0 Å². The Kier molecular flexibility index (Phi) is 5.64. The van der Waals surface area contributed by atoms with Crippen molar-refractivity contribution < 1.29 is 27.4 Å². The van der Waals surface area contributed by atoms with E-state index in [1.807, 2.05) is 18.2 Å². The SMILES string of the molecule is CCOC(=O)c1sc(-c2cnc3ccccn23)nc1OCc1ccccc1C(F)(F)F. The van der Waals surface area contributed by atoms with E-state index >= 15 is 0 Å². The summed E-state index contributed by atoms with van der Waals surface area (Å²) in [5.41, 5.74) is 0.447. The van der Waals surface area contributed by atoms with Crippen molar-refractivity contribution in [2.45, 2.75) is 19.7 Å². The van der Waals surface area contributed by atoms with Gasteiger partial charge in [-0.15, -0.1) is 11.3 Å². The number of rotatable bonds is 6. The molecule has 0 bridgehead atoms. The molecule has 4 rings (SSSR count). The van der Waals surface area contributed by atoms with E-state index in [2.05, 4.69) is 9.97 Å². The fourth-order valence-corrected chi connectivity index (χ4v) is 3.91. The lowest BCUT2D eigenvalue weighted by molar-refractivity contribution is -0.138. The quantitative estimate of drug-likeness (QED) is 0.379. The Morgan fingerprint density at radius 1 is 1.16 bits per heavy atom. The van der Waals surface area contributed by atoms with E-state index in [0.717, 1.165) is 17.4 Å². The number of aromatic nitrogens is 3. The maximum atomic E-state index is 13.3. The summed E-state index contributed by atoms with van der Waals surface area (Å²) in [6.07, 6.45) is -1.12. The molecule has 0 spiro atoms. The minimum absolute atomic E-state index is 0.0610. The van der Waals surface area contributed by atoms with Gasteiger partial charge in [-0.25, -0.2) is 9.78 Å². The topological polar surface area (TPSA) is 65.7 Å². The first-order valence-corrected chi connectivity index (χ1v) is 10.1. The maximum absolute atomic E-state index is 13.3. The van der Waals surface area contributed by atoms with Crippen LogP contribution < -0.4 is 4.74 Å². The lowest BCUT2D eigenvalue weighted by atomic mass is 10.1. The number of benzene rings is 1. The summed E-state index contributed by atoms with van der Waals surface area (Å²) in [4.78, 5) is 21.2. The van der Waals surface area contributed by atoms with Crippen LogP contribution in [0.5, 0.6) is 5.88 Å². The van der Waals surface area contributed by atoms with Crippen LogP contribution in [0.1, 0.15) is 27.7 Å². The number of ether oxygens (including phenoxy) is 2. The Bertz CT molecular complexity index is 1230. The molecular formula is C21H16F3N3O3S. The van der Waals surface area contributed by atoms with E-state index in [4.69, 9.17) is 9.47 Å². The predicted octanol–water partition coefficient (Wildman–Crippen LogP) is 5.23. The van der Waals surface area contributed by atoms with Gasteiger partial charge in [-0.2, -0.15) is 18.2 Å². The van der Waals surface area contributed by atoms with E-state index in [-0.39, 0.29) is 22.9 Å². The average molecular weight is 447 g/mol. The third-order valence-electron chi connectivity index (χ3n) is 4.38. The Labute approximate surface area is 178 Å². The molecule has 10 heteroatoms. The van der Waals surface area contributed by atoms with E-state index in [0.29, 0.717) is 16.3 Å². The standard InChI is InChI=1S/C21H16F3N3O3S/c1-2-29-20(28)17-18(30-12-13-7-3-4-8-14(13)21(22,23)24)26-19(31-17)15-11-25-16-9-5-6-10-27(15)16/h3-11H,2,12H2,1H3. The first kappa shape index (κ1) is 20.9. The third-order valence-corrected chi connectivity index (χ3v) is 5.42. The molecule has 0 fully saturated rings. The van der Waals surface area contributed by atoms with Crippen molar-refractivity contribution in [1.29, 1.82) is 0 Å². The summed E-state index contributed by atoms with van der Waals surface area (Å²) in [5.74, 6) is -0.736. The van der Waals surface area contributed by atoms with Crippen molar-refractivity contribution in [2.75, 3.05) is 6.61 Å². The minimum Gasteiger partial charge on any atom is -0.472 e. The predicted molar refractivity (Wildman–Crippen MR) is 108 cm³/mol. The second-order valence-electron chi connectivity index (χ2n) is 6.39.